The summed E-state index contributed by atoms with van der Waals surface area (Å²) in [5.74, 6) is 1.67. The second kappa shape index (κ2) is 3.40. The van der Waals surface area contributed by atoms with Crippen molar-refractivity contribution < 1.29 is 9.53 Å². The molecule has 0 N–H and O–H groups in total. The Labute approximate surface area is 82.1 Å². The SMILES string of the molecule is COC(=O)[C@@H]1CCc2nnc(C)n2C1. The first-order chi connectivity index (χ1) is 6.72. The zero-order valence-corrected chi connectivity index (χ0v) is 8.36. The third kappa shape index (κ3) is 1.38. The highest BCUT2D eigenvalue weighted by molar-refractivity contribution is 5.72. The van der Waals surface area contributed by atoms with E-state index in [2.05, 4.69) is 10.2 Å². The fourth-order valence-electron chi connectivity index (χ4n) is 1.82. The lowest BCUT2D eigenvalue weighted by atomic mass is 9.99. The Morgan fingerprint density at radius 1 is 1.57 bits per heavy atom. The van der Waals surface area contributed by atoms with Gasteiger partial charge in [0.25, 0.3) is 0 Å². The Morgan fingerprint density at radius 3 is 3.07 bits per heavy atom. The number of fused-ring (bicyclic) bond motifs is 1. The van der Waals surface area contributed by atoms with Gasteiger partial charge in [-0.3, -0.25) is 4.79 Å². The molecule has 0 fully saturated rings. The first-order valence-electron chi connectivity index (χ1n) is 4.69. The van der Waals surface area contributed by atoms with Gasteiger partial charge in [-0.15, -0.1) is 10.2 Å². The third-order valence-corrected chi connectivity index (χ3v) is 2.67. The Balaban J connectivity index is 2.20. The summed E-state index contributed by atoms with van der Waals surface area (Å²) in [5.41, 5.74) is 0. The van der Waals surface area contributed by atoms with Gasteiger partial charge in [0.2, 0.25) is 0 Å². The number of hydrogen-bond donors (Lipinski definition) is 0. The topological polar surface area (TPSA) is 57.0 Å². The highest BCUT2D eigenvalue weighted by Crippen LogP contribution is 2.20. The minimum atomic E-state index is -0.135. The number of methoxy groups -OCH3 is 1. The summed E-state index contributed by atoms with van der Waals surface area (Å²) >= 11 is 0. The summed E-state index contributed by atoms with van der Waals surface area (Å²) in [7, 11) is 1.43. The van der Waals surface area contributed by atoms with Crippen molar-refractivity contribution in [3.05, 3.63) is 11.6 Å². The van der Waals surface area contributed by atoms with Crippen LogP contribution in [-0.4, -0.2) is 27.8 Å². The van der Waals surface area contributed by atoms with Gasteiger partial charge in [-0.05, 0) is 13.3 Å². The molecule has 0 unspecified atom stereocenters. The van der Waals surface area contributed by atoms with E-state index in [-0.39, 0.29) is 11.9 Å². The first kappa shape index (κ1) is 9.18. The molecule has 0 aliphatic carbocycles. The number of aromatic nitrogens is 3. The van der Waals surface area contributed by atoms with E-state index < -0.39 is 0 Å². The van der Waals surface area contributed by atoms with Crippen LogP contribution in [0, 0.1) is 12.8 Å². The third-order valence-electron chi connectivity index (χ3n) is 2.67. The van der Waals surface area contributed by atoms with Gasteiger partial charge < -0.3 is 9.30 Å². The van der Waals surface area contributed by atoms with Crippen molar-refractivity contribution in [1.29, 1.82) is 0 Å². The molecular formula is C9H13N3O2. The first-order valence-corrected chi connectivity index (χ1v) is 4.69. The second-order valence-corrected chi connectivity index (χ2v) is 3.53. The van der Waals surface area contributed by atoms with Crippen LogP contribution in [-0.2, 0) is 22.5 Å². The van der Waals surface area contributed by atoms with Crippen LogP contribution in [0.3, 0.4) is 0 Å². The molecule has 5 heteroatoms. The molecule has 0 saturated heterocycles. The zero-order chi connectivity index (χ0) is 10.1. The molecule has 1 aliphatic rings. The summed E-state index contributed by atoms with van der Waals surface area (Å²) in [5, 5.41) is 8.02. The van der Waals surface area contributed by atoms with Gasteiger partial charge in [0, 0.05) is 13.0 Å². The van der Waals surface area contributed by atoms with E-state index in [4.69, 9.17) is 4.74 Å². The Kier molecular flexibility index (Phi) is 2.23. The van der Waals surface area contributed by atoms with E-state index in [0.29, 0.717) is 6.54 Å². The van der Waals surface area contributed by atoms with E-state index in [1.165, 1.54) is 7.11 Å². The summed E-state index contributed by atoms with van der Waals surface area (Å²) < 4.78 is 6.72. The molecule has 0 amide bonds. The highest BCUT2D eigenvalue weighted by Gasteiger charge is 2.27. The van der Waals surface area contributed by atoms with Crippen LogP contribution < -0.4 is 0 Å². The quantitative estimate of drug-likeness (QED) is 0.606. The van der Waals surface area contributed by atoms with Crippen LogP contribution in [0.15, 0.2) is 0 Å². The molecule has 0 spiro atoms. The maximum absolute atomic E-state index is 11.3. The number of carbonyl (C=O) groups excluding carboxylic acids is 1. The number of esters is 1. The lowest BCUT2D eigenvalue weighted by Crippen LogP contribution is -2.28. The van der Waals surface area contributed by atoms with Gasteiger partial charge in [-0.1, -0.05) is 0 Å². The second-order valence-electron chi connectivity index (χ2n) is 3.53. The summed E-state index contributed by atoms with van der Waals surface area (Å²) in [6.07, 6.45) is 1.62. The molecule has 1 aliphatic heterocycles. The molecule has 76 valence electrons. The van der Waals surface area contributed by atoms with Crippen LogP contribution in [0.5, 0.6) is 0 Å². The molecule has 0 aromatic carbocycles. The van der Waals surface area contributed by atoms with E-state index in [1.807, 2.05) is 11.5 Å². The Morgan fingerprint density at radius 2 is 2.36 bits per heavy atom. The molecule has 1 atom stereocenters. The van der Waals surface area contributed by atoms with E-state index in [9.17, 15) is 4.79 Å². The maximum atomic E-state index is 11.3. The van der Waals surface area contributed by atoms with Gasteiger partial charge in [0.05, 0.1) is 13.0 Å². The molecule has 1 aromatic heterocycles. The standard InChI is InChI=1S/C9H13N3O2/c1-6-10-11-8-4-3-7(5-12(6)8)9(13)14-2/h7H,3-5H2,1-2H3/t7-/m1/s1. The monoisotopic (exact) mass is 195 g/mol. The molecule has 0 radical (unpaired) electrons. The lowest BCUT2D eigenvalue weighted by Gasteiger charge is -2.21. The summed E-state index contributed by atoms with van der Waals surface area (Å²) in [6, 6.07) is 0. The van der Waals surface area contributed by atoms with E-state index in [1.54, 1.807) is 0 Å². The minimum absolute atomic E-state index is 0.0396. The van der Waals surface area contributed by atoms with Crippen molar-refractivity contribution in [1.82, 2.24) is 14.8 Å². The van der Waals surface area contributed by atoms with Crippen LogP contribution in [0.25, 0.3) is 0 Å². The van der Waals surface area contributed by atoms with Gasteiger partial charge in [0.1, 0.15) is 11.6 Å². The van der Waals surface area contributed by atoms with Crippen molar-refractivity contribution in [3.8, 4) is 0 Å². The number of carbonyl (C=O) groups is 1. The van der Waals surface area contributed by atoms with Crippen LogP contribution in [0.2, 0.25) is 0 Å². The van der Waals surface area contributed by atoms with Crippen molar-refractivity contribution in [3.63, 3.8) is 0 Å². The average Bonchev–Trinajstić information content (AvgIpc) is 2.59. The number of ether oxygens (including phenoxy) is 1. The van der Waals surface area contributed by atoms with Gasteiger partial charge in [0.15, 0.2) is 0 Å². The molecule has 2 rings (SSSR count). The molecule has 0 saturated carbocycles. The molecular weight excluding hydrogens is 182 g/mol. The normalized spacial score (nSPS) is 20.3. The summed E-state index contributed by atoms with van der Waals surface area (Å²) in [6.45, 7) is 2.55. The molecule has 2 heterocycles. The smallest absolute Gasteiger partial charge is 0.310 e. The number of nitrogens with zero attached hydrogens (tertiary/aromatic N) is 3. The van der Waals surface area contributed by atoms with Crippen molar-refractivity contribution in [2.45, 2.75) is 26.3 Å². The molecule has 1 aromatic rings. The van der Waals surface area contributed by atoms with Crippen molar-refractivity contribution in [2.75, 3.05) is 7.11 Å². The average molecular weight is 195 g/mol. The van der Waals surface area contributed by atoms with Gasteiger partial charge in [-0.2, -0.15) is 0 Å². The van der Waals surface area contributed by atoms with Crippen molar-refractivity contribution >= 4 is 5.97 Å². The largest absolute Gasteiger partial charge is 0.469 e. The van der Waals surface area contributed by atoms with Crippen LogP contribution in [0.4, 0.5) is 0 Å². The fraction of sp³-hybridized carbons (Fsp3) is 0.667. The lowest BCUT2D eigenvalue weighted by molar-refractivity contribution is -0.146. The summed E-state index contributed by atoms with van der Waals surface area (Å²) in [4.78, 5) is 11.3. The highest BCUT2D eigenvalue weighted by atomic mass is 16.5. The van der Waals surface area contributed by atoms with Crippen molar-refractivity contribution in [2.24, 2.45) is 5.92 Å². The predicted octanol–water partition coefficient (Wildman–Crippen LogP) is 0.322. The number of aryl methyl sites for hydroxylation is 2. The maximum Gasteiger partial charge on any atom is 0.310 e. The van der Waals surface area contributed by atoms with Gasteiger partial charge in [-0.25, -0.2) is 0 Å². The number of rotatable bonds is 1. The van der Waals surface area contributed by atoms with E-state index >= 15 is 0 Å². The number of hydrogen-bond acceptors (Lipinski definition) is 4. The van der Waals surface area contributed by atoms with E-state index in [0.717, 1.165) is 24.5 Å². The minimum Gasteiger partial charge on any atom is -0.469 e. The Bertz CT molecular complexity index is 359. The molecule has 0 bridgehead atoms. The van der Waals surface area contributed by atoms with Crippen LogP contribution in [0.1, 0.15) is 18.1 Å². The molecule has 14 heavy (non-hydrogen) atoms. The zero-order valence-electron chi connectivity index (χ0n) is 8.36. The predicted molar refractivity (Wildman–Crippen MR) is 48.6 cm³/mol. The van der Waals surface area contributed by atoms with Crippen LogP contribution >= 0.6 is 0 Å². The molecule has 5 nitrogen and oxygen atoms in total. The fourth-order valence-corrected chi connectivity index (χ4v) is 1.82. The van der Waals surface area contributed by atoms with Gasteiger partial charge >= 0.3 is 5.97 Å². The Hall–Kier alpha value is -1.39.